The quantitative estimate of drug-likeness (QED) is 0.779. The van der Waals surface area contributed by atoms with E-state index >= 15 is 0 Å². The lowest BCUT2D eigenvalue weighted by Crippen LogP contribution is -2.54. The highest BCUT2D eigenvalue weighted by atomic mass is 19.4. The smallest absolute Gasteiger partial charge is 0.409 e. The molecule has 0 saturated carbocycles. The Morgan fingerprint density at radius 1 is 1.25 bits per heavy atom. The highest BCUT2D eigenvalue weighted by molar-refractivity contribution is 5.74. The number of nitrogens with one attached hydrogen (secondary N) is 1. The Hall–Kier alpha value is -1.51. The van der Waals surface area contributed by atoms with Crippen LogP contribution in [-0.4, -0.2) is 63.0 Å². The van der Waals surface area contributed by atoms with E-state index in [2.05, 4.69) is 14.8 Å². The molecule has 1 amide bonds. The van der Waals surface area contributed by atoms with Crippen LogP contribution in [-0.2, 0) is 14.3 Å². The van der Waals surface area contributed by atoms with Crippen LogP contribution in [0.25, 0.3) is 0 Å². The Bertz CT molecular complexity index is 338. The molecule has 2 unspecified atom stereocenters. The minimum absolute atomic E-state index is 0.0518. The number of hydrogen-bond acceptors (Lipinski definition) is 5. The lowest BCUT2D eigenvalue weighted by molar-refractivity contribution is -0.147. The van der Waals surface area contributed by atoms with Crippen molar-refractivity contribution in [2.45, 2.75) is 18.6 Å². The van der Waals surface area contributed by atoms with Crippen molar-refractivity contribution >= 4 is 12.1 Å². The average molecular weight is 298 g/mol. The second kappa shape index (κ2) is 6.78. The summed E-state index contributed by atoms with van der Waals surface area (Å²) in [6.07, 6.45) is -4.86. The highest BCUT2D eigenvalue weighted by Crippen LogP contribution is 2.20. The summed E-state index contributed by atoms with van der Waals surface area (Å²) in [7, 11) is 2.36. The predicted molar refractivity (Wildman–Crippen MR) is 61.9 cm³/mol. The molecule has 116 valence electrons. The molecule has 0 aromatic heterocycles. The summed E-state index contributed by atoms with van der Waals surface area (Å²) in [6, 6.07) is -0.645. The molecule has 0 aromatic rings. The third-order valence-corrected chi connectivity index (χ3v) is 3.01. The van der Waals surface area contributed by atoms with E-state index in [0.717, 1.165) is 0 Å². The summed E-state index contributed by atoms with van der Waals surface area (Å²) >= 11 is 0. The third kappa shape index (κ3) is 4.87. The average Bonchev–Trinajstić information content (AvgIpc) is 2.42. The first-order chi connectivity index (χ1) is 9.26. The van der Waals surface area contributed by atoms with Gasteiger partial charge in [0.2, 0.25) is 0 Å². The van der Waals surface area contributed by atoms with Gasteiger partial charge in [0.15, 0.2) is 0 Å². The third-order valence-electron chi connectivity index (χ3n) is 3.01. The Kier molecular flexibility index (Phi) is 5.61. The summed E-state index contributed by atoms with van der Waals surface area (Å²) in [5.74, 6) is -1.23. The maximum Gasteiger partial charge on any atom is 0.409 e. The Labute approximate surface area is 114 Å². The van der Waals surface area contributed by atoms with Gasteiger partial charge in [-0.1, -0.05) is 0 Å². The van der Waals surface area contributed by atoms with Crippen molar-refractivity contribution in [1.82, 2.24) is 10.2 Å². The summed E-state index contributed by atoms with van der Waals surface area (Å²) < 4.78 is 45.7. The largest absolute Gasteiger partial charge is 0.469 e. The van der Waals surface area contributed by atoms with Crippen molar-refractivity contribution < 1.29 is 32.2 Å². The van der Waals surface area contributed by atoms with Crippen LogP contribution in [0.1, 0.15) is 6.42 Å². The van der Waals surface area contributed by atoms with E-state index in [4.69, 9.17) is 0 Å². The first kappa shape index (κ1) is 16.5. The molecule has 0 spiro atoms. The van der Waals surface area contributed by atoms with E-state index < -0.39 is 36.7 Å². The number of nitrogens with zero attached hydrogens (tertiary/aromatic N) is 1. The van der Waals surface area contributed by atoms with Crippen LogP contribution in [0.2, 0.25) is 0 Å². The zero-order valence-corrected chi connectivity index (χ0v) is 11.2. The highest BCUT2D eigenvalue weighted by Gasteiger charge is 2.36. The minimum atomic E-state index is -4.35. The van der Waals surface area contributed by atoms with Gasteiger partial charge in [0.25, 0.3) is 0 Å². The molecule has 9 heteroatoms. The second-order valence-corrected chi connectivity index (χ2v) is 4.52. The number of esters is 1. The second-order valence-electron chi connectivity index (χ2n) is 4.52. The zero-order chi connectivity index (χ0) is 15.3. The van der Waals surface area contributed by atoms with E-state index in [1.807, 2.05) is 0 Å². The molecule has 1 aliphatic rings. The molecule has 1 fully saturated rings. The minimum Gasteiger partial charge on any atom is -0.469 e. The standard InChI is InChI=1S/C11H17F3N2O4/c1-19-9(17)7-3-8(15-6-11(12,13)14)5-16(4-7)10(18)20-2/h7-8,15H,3-6H2,1-2H3. The van der Waals surface area contributed by atoms with Crippen molar-refractivity contribution in [2.24, 2.45) is 5.92 Å². The number of ether oxygens (including phenoxy) is 2. The van der Waals surface area contributed by atoms with E-state index in [-0.39, 0.29) is 19.5 Å². The van der Waals surface area contributed by atoms with Gasteiger partial charge >= 0.3 is 18.2 Å². The summed E-state index contributed by atoms with van der Waals surface area (Å²) in [5.41, 5.74) is 0. The lowest BCUT2D eigenvalue weighted by Gasteiger charge is -2.36. The number of hydrogen-bond donors (Lipinski definition) is 1. The van der Waals surface area contributed by atoms with E-state index in [9.17, 15) is 22.8 Å². The van der Waals surface area contributed by atoms with Crippen molar-refractivity contribution in [3.05, 3.63) is 0 Å². The number of carbonyl (C=O) groups is 2. The number of rotatable bonds is 3. The molecule has 0 bridgehead atoms. The van der Waals surface area contributed by atoms with Crippen LogP contribution >= 0.6 is 0 Å². The summed E-state index contributed by atoms with van der Waals surface area (Å²) in [6.45, 7) is -1.06. The molecular formula is C11H17F3N2O4. The van der Waals surface area contributed by atoms with Crippen molar-refractivity contribution in [3.8, 4) is 0 Å². The monoisotopic (exact) mass is 298 g/mol. The van der Waals surface area contributed by atoms with Gasteiger partial charge in [0.1, 0.15) is 0 Å². The number of piperidine rings is 1. The van der Waals surface area contributed by atoms with Gasteiger partial charge in [-0.05, 0) is 6.42 Å². The molecule has 0 aromatic carbocycles. The van der Waals surface area contributed by atoms with Gasteiger partial charge < -0.3 is 19.7 Å². The molecule has 0 aliphatic carbocycles. The lowest BCUT2D eigenvalue weighted by atomic mass is 9.94. The maximum atomic E-state index is 12.2. The molecule has 1 aliphatic heterocycles. The van der Waals surface area contributed by atoms with Crippen molar-refractivity contribution in [1.29, 1.82) is 0 Å². The Morgan fingerprint density at radius 3 is 2.40 bits per heavy atom. The van der Waals surface area contributed by atoms with Crippen LogP contribution in [0.15, 0.2) is 0 Å². The molecular weight excluding hydrogens is 281 g/mol. The molecule has 2 atom stereocenters. The molecule has 1 saturated heterocycles. The first-order valence-electron chi connectivity index (χ1n) is 5.97. The molecule has 6 nitrogen and oxygen atoms in total. The van der Waals surface area contributed by atoms with Gasteiger partial charge in [-0.15, -0.1) is 0 Å². The number of alkyl halides is 3. The fourth-order valence-electron chi connectivity index (χ4n) is 2.12. The van der Waals surface area contributed by atoms with Gasteiger partial charge in [-0.2, -0.15) is 13.2 Å². The molecule has 1 N–H and O–H groups in total. The van der Waals surface area contributed by atoms with Crippen LogP contribution in [0.3, 0.4) is 0 Å². The number of carbonyl (C=O) groups excluding carboxylic acids is 2. The summed E-state index contributed by atoms with van der Waals surface area (Å²) in [4.78, 5) is 24.2. The number of methoxy groups -OCH3 is 2. The fourth-order valence-corrected chi connectivity index (χ4v) is 2.12. The van der Waals surface area contributed by atoms with Crippen LogP contribution < -0.4 is 5.32 Å². The summed E-state index contributed by atoms with van der Waals surface area (Å²) in [5, 5.41) is 2.30. The Morgan fingerprint density at radius 2 is 1.90 bits per heavy atom. The van der Waals surface area contributed by atoms with Crippen LogP contribution in [0, 0.1) is 5.92 Å². The molecule has 20 heavy (non-hydrogen) atoms. The fraction of sp³-hybridized carbons (Fsp3) is 0.818. The van der Waals surface area contributed by atoms with Crippen molar-refractivity contribution in [3.63, 3.8) is 0 Å². The van der Waals surface area contributed by atoms with Gasteiger partial charge in [0.05, 0.1) is 26.7 Å². The zero-order valence-electron chi connectivity index (χ0n) is 11.2. The first-order valence-corrected chi connectivity index (χ1v) is 5.97. The van der Waals surface area contributed by atoms with Gasteiger partial charge in [-0.25, -0.2) is 4.79 Å². The van der Waals surface area contributed by atoms with E-state index in [1.54, 1.807) is 0 Å². The molecule has 1 heterocycles. The van der Waals surface area contributed by atoms with E-state index in [0.29, 0.717) is 0 Å². The normalized spacial score (nSPS) is 23.4. The van der Waals surface area contributed by atoms with Crippen LogP contribution in [0.5, 0.6) is 0 Å². The van der Waals surface area contributed by atoms with Gasteiger partial charge in [-0.3, -0.25) is 4.79 Å². The van der Waals surface area contributed by atoms with Crippen molar-refractivity contribution in [2.75, 3.05) is 33.9 Å². The SMILES string of the molecule is COC(=O)C1CC(NCC(F)(F)F)CN(C(=O)OC)C1. The topological polar surface area (TPSA) is 67.9 Å². The Balaban J connectivity index is 2.69. The van der Waals surface area contributed by atoms with Crippen LogP contribution in [0.4, 0.5) is 18.0 Å². The molecule has 0 radical (unpaired) electrons. The number of likely N-dealkylation sites (tertiary alicyclic amines) is 1. The van der Waals surface area contributed by atoms with E-state index in [1.165, 1.54) is 19.1 Å². The number of halogens is 3. The predicted octanol–water partition coefficient (Wildman–Crippen LogP) is 0.768. The van der Waals surface area contributed by atoms with Gasteiger partial charge in [0, 0.05) is 19.1 Å². The number of amides is 1. The maximum absolute atomic E-state index is 12.2. The molecule has 1 rings (SSSR count).